The lowest BCUT2D eigenvalue weighted by molar-refractivity contribution is 0.644. The summed E-state index contributed by atoms with van der Waals surface area (Å²) < 4.78 is 2.27. The molecule has 0 aliphatic carbocycles. The van der Waals surface area contributed by atoms with Crippen molar-refractivity contribution < 1.29 is 0 Å². The Bertz CT molecular complexity index is 741. The minimum Gasteiger partial charge on any atom is -0.328 e. The van der Waals surface area contributed by atoms with Gasteiger partial charge in [0.15, 0.2) is 0 Å². The summed E-state index contributed by atoms with van der Waals surface area (Å²) >= 11 is 1.82. The average molecular weight is 299 g/mol. The first-order valence-corrected chi connectivity index (χ1v) is 8.33. The fraction of sp³-hybridized carbons (Fsp3) is 0.353. The van der Waals surface area contributed by atoms with Crippen molar-refractivity contribution in [3.05, 3.63) is 52.0 Å². The van der Waals surface area contributed by atoms with Gasteiger partial charge in [0.1, 0.15) is 5.82 Å². The summed E-state index contributed by atoms with van der Waals surface area (Å²) in [5, 5.41) is 0. The molecule has 0 amide bonds. The van der Waals surface area contributed by atoms with Gasteiger partial charge in [-0.1, -0.05) is 19.1 Å². The number of aryl methyl sites for hydroxylation is 2. The molecule has 1 unspecified atom stereocenters. The number of para-hydroxylation sites is 2. The molecule has 1 aromatic carbocycles. The topological polar surface area (TPSA) is 43.8 Å². The zero-order chi connectivity index (χ0) is 14.8. The maximum atomic E-state index is 6.40. The van der Waals surface area contributed by atoms with Crippen LogP contribution in [0.4, 0.5) is 0 Å². The normalized spacial score (nSPS) is 12.9. The van der Waals surface area contributed by atoms with Gasteiger partial charge in [0, 0.05) is 28.8 Å². The Balaban J connectivity index is 1.90. The van der Waals surface area contributed by atoms with Crippen LogP contribution in [-0.4, -0.2) is 9.55 Å². The maximum absolute atomic E-state index is 6.40. The number of hydrogen-bond acceptors (Lipinski definition) is 3. The van der Waals surface area contributed by atoms with Crippen LogP contribution < -0.4 is 5.73 Å². The van der Waals surface area contributed by atoms with Crippen LogP contribution in [0.5, 0.6) is 0 Å². The summed E-state index contributed by atoms with van der Waals surface area (Å²) in [7, 11) is 0. The summed E-state index contributed by atoms with van der Waals surface area (Å²) in [5.41, 5.74) is 8.65. The fourth-order valence-electron chi connectivity index (χ4n) is 2.72. The molecule has 0 radical (unpaired) electrons. The van der Waals surface area contributed by atoms with Gasteiger partial charge in [-0.2, -0.15) is 0 Å². The molecule has 0 fully saturated rings. The Morgan fingerprint density at radius 2 is 2.00 bits per heavy atom. The minimum atomic E-state index is 0.0254. The molecule has 4 heteroatoms. The first-order valence-electron chi connectivity index (χ1n) is 7.51. The zero-order valence-electron chi connectivity index (χ0n) is 12.5. The second-order valence-corrected chi connectivity index (χ2v) is 6.43. The number of rotatable bonds is 5. The third kappa shape index (κ3) is 2.74. The molecule has 0 aliphatic rings. The minimum absolute atomic E-state index is 0.0254. The largest absolute Gasteiger partial charge is 0.328 e. The van der Waals surface area contributed by atoms with E-state index in [0.717, 1.165) is 30.7 Å². The van der Waals surface area contributed by atoms with E-state index in [-0.39, 0.29) is 6.04 Å². The molecule has 0 bridgehead atoms. The molecular weight excluding hydrogens is 278 g/mol. The molecule has 2 heterocycles. The van der Waals surface area contributed by atoms with E-state index in [2.05, 4.69) is 48.7 Å². The first kappa shape index (κ1) is 14.3. The molecule has 2 aromatic heterocycles. The standard InChI is InChI=1S/C17H21N3S/c1-3-12-9-10-16(21-12)13(18)11-17-19-14-7-5-6-8-15(14)20(17)4-2/h5-10,13H,3-4,11,18H2,1-2H3. The van der Waals surface area contributed by atoms with Crippen LogP contribution in [0.2, 0.25) is 0 Å². The van der Waals surface area contributed by atoms with Crippen LogP contribution in [0.25, 0.3) is 11.0 Å². The van der Waals surface area contributed by atoms with Gasteiger partial charge >= 0.3 is 0 Å². The van der Waals surface area contributed by atoms with Crippen LogP contribution in [0.15, 0.2) is 36.4 Å². The molecular formula is C17H21N3S. The van der Waals surface area contributed by atoms with Crippen LogP contribution in [-0.2, 0) is 19.4 Å². The summed E-state index contributed by atoms with van der Waals surface area (Å²) in [4.78, 5) is 7.41. The third-order valence-electron chi connectivity index (χ3n) is 3.85. The Kier molecular flexibility index (Phi) is 4.08. The highest BCUT2D eigenvalue weighted by atomic mass is 32.1. The van der Waals surface area contributed by atoms with Gasteiger partial charge in [-0.15, -0.1) is 11.3 Å². The van der Waals surface area contributed by atoms with Crippen molar-refractivity contribution in [1.82, 2.24) is 9.55 Å². The van der Waals surface area contributed by atoms with Gasteiger partial charge in [-0.05, 0) is 37.6 Å². The van der Waals surface area contributed by atoms with E-state index < -0.39 is 0 Å². The number of nitrogens with zero attached hydrogens (tertiary/aromatic N) is 2. The molecule has 3 nitrogen and oxygen atoms in total. The first-order chi connectivity index (χ1) is 10.2. The van der Waals surface area contributed by atoms with Crippen molar-refractivity contribution in [2.45, 2.75) is 39.3 Å². The predicted molar refractivity (Wildman–Crippen MR) is 89.7 cm³/mol. The SMILES string of the molecule is CCc1ccc(C(N)Cc2nc3ccccc3n2CC)s1. The maximum Gasteiger partial charge on any atom is 0.111 e. The molecule has 2 N–H and O–H groups in total. The van der Waals surface area contributed by atoms with E-state index in [1.165, 1.54) is 15.3 Å². The Morgan fingerprint density at radius 3 is 2.71 bits per heavy atom. The van der Waals surface area contributed by atoms with Crippen LogP contribution in [0, 0.1) is 0 Å². The summed E-state index contributed by atoms with van der Waals surface area (Å²) in [6.07, 6.45) is 1.86. The number of imidazole rings is 1. The lowest BCUT2D eigenvalue weighted by Gasteiger charge is -2.11. The Morgan fingerprint density at radius 1 is 1.19 bits per heavy atom. The summed E-state index contributed by atoms with van der Waals surface area (Å²) in [6, 6.07) is 12.7. The third-order valence-corrected chi connectivity index (χ3v) is 5.21. The van der Waals surface area contributed by atoms with Gasteiger partial charge in [0.05, 0.1) is 11.0 Å². The number of nitrogens with two attached hydrogens (primary N) is 1. The Hall–Kier alpha value is -1.65. The number of thiophene rings is 1. The van der Waals surface area contributed by atoms with Gasteiger partial charge in [-0.3, -0.25) is 0 Å². The van der Waals surface area contributed by atoms with Crippen molar-refractivity contribution in [1.29, 1.82) is 0 Å². The van der Waals surface area contributed by atoms with Gasteiger partial charge < -0.3 is 10.3 Å². The highest BCUT2D eigenvalue weighted by Crippen LogP contribution is 2.26. The molecule has 0 aliphatic heterocycles. The van der Waals surface area contributed by atoms with Crippen molar-refractivity contribution in [2.24, 2.45) is 5.73 Å². The van der Waals surface area contributed by atoms with Crippen molar-refractivity contribution >= 4 is 22.4 Å². The highest BCUT2D eigenvalue weighted by molar-refractivity contribution is 7.12. The zero-order valence-corrected chi connectivity index (χ0v) is 13.4. The smallest absolute Gasteiger partial charge is 0.111 e. The molecule has 3 rings (SSSR count). The van der Waals surface area contributed by atoms with Crippen LogP contribution >= 0.6 is 11.3 Å². The number of aromatic nitrogens is 2. The lowest BCUT2D eigenvalue weighted by atomic mass is 10.2. The van der Waals surface area contributed by atoms with E-state index in [1.54, 1.807) is 0 Å². The van der Waals surface area contributed by atoms with E-state index in [9.17, 15) is 0 Å². The monoisotopic (exact) mass is 299 g/mol. The second kappa shape index (κ2) is 6.00. The Labute approximate surface area is 129 Å². The van der Waals surface area contributed by atoms with Gasteiger partial charge in [-0.25, -0.2) is 4.98 Å². The fourth-order valence-corrected chi connectivity index (χ4v) is 3.67. The number of hydrogen-bond donors (Lipinski definition) is 1. The van der Waals surface area contributed by atoms with Gasteiger partial charge in [0.2, 0.25) is 0 Å². The molecule has 21 heavy (non-hydrogen) atoms. The molecule has 3 aromatic rings. The predicted octanol–water partition coefficient (Wildman–Crippen LogP) is 3.92. The molecule has 0 spiro atoms. The van der Waals surface area contributed by atoms with E-state index in [4.69, 9.17) is 10.7 Å². The number of fused-ring (bicyclic) bond motifs is 1. The average Bonchev–Trinajstić information content (AvgIpc) is 3.11. The second-order valence-electron chi connectivity index (χ2n) is 5.23. The lowest BCUT2D eigenvalue weighted by Crippen LogP contribution is -2.15. The van der Waals surface area contributed by atoms with E-state index >= 15 is 0 Å². The van der Waals surface area contributed by atoms with E-state index in [0.29, 0.717) is 0 Å². The summed E-state index contributed by atoms with van der Waals surface area (Å²) in [6.45, 7) is 5.26. The highest BCUT2D eigenvalue weighted by Gasteiger charge is 2.15. The van der Waals surface area contributed by atoms with Crippen LogP contribution in [0.3, 0.4) is 0 Å². The number of benzene rings is 1. The summed E-state index contributed by atoms with van der Waals surface area (Å²) in [5.74, 6) is 1.08. The van der Waals surface area contributed by atoms with E-state index in [1.807, 2.05) is 17.4 Å². The quantitative estimate of drug-likeness (QED) is 0.776. The molecule has 110 valence electrons. The molecule has 1 atom stereocenters. The van der Waals surface area contributed by atoms with Crippen molar-refractivity contribution in [3.8, 4) is 0 Å². The molecule has 0 saturated heterocycles. The van der Waals surface area contributed by atoms with Crippen molar-refractivity contribution in [3.63, 3.8) is 0 Å². The molecule has 0 saturated carbocycles. The van der Waals surface area contributed by atoms with Gasteiger partial charge in [0.25, 0.3) is 0 Å². The van der Waals surface area contributed by atoms with Crippen molar-refractivity contribution in [2.75, 3.05) is 0 Å². The van der Waals surface area contributed by atoms with Crippen LogP contribution in [0.1, 0.15) is 35.5 Å².